The van der Waals surface area contributed by atoms with Crippen LogP contribution >= 0.6 is 0 Å². The molecule has 1 aliphatic heterocycles. The van der Waals surface area contributed by atoms with Crippen molar-refractivity contribution in [2.24, 2.45) is 0 Å². The summed E-state index contributed by atoms with van der Waals surface area (Å²) in [5.74, 6) is 0.898. The molecule has 0 saturated carbocycles. The predicted octanol–water partition coefficient (Wildman–Crippen LogP) is 5.60. The van der Waals surface area contributed by atoms with Gasteiger partial charge in [-0.05, 0) is 34.6 Å². The molecule has 0 bridgehead atoms. The van der Waals surface area contributed by atoms with Crippen LogP contribution in [0.1, 0.15) is 22.8 Å². The molecule has 3 aromatic rings. The molecule has 0 spiro atoms. The maximum absolute atomic E-state index is 6.14. The average Bonchev–Trinajstić information content (AvgIpc) is 2.60. The van der Waals surface area contributed by atoms with Crippen LogP contribution in [0.5, 0.6) is 0 Å². The van der Waals surface area contributed by atoms with Gasteiger partial charge in [0, 0.05) is 11.1 Å². The van der Waals surface area contributed by atoms with Gasteiger partial charge in [0.15, 0.2) is 0 Å². The number of hydrogen-bond acceptors (Lipinski definition) is 1. The Morgan fingerprint density at radius 2 is 1.64 bits per heavy atom. The third-order valence-corrected chi connectivity index (χ3v) is 4.09. The highest BCUT2D eigenvalue weighted by Crippen LogP contribution is 2.36. The van der Waals surface area contributed by atoms with Gasteiger partial charge in [0.25, 0.3) is 0 Å². The van der Waals surface area contributed by atoms with Crippen LogP contribution in [-0.4, -0.2) is 0 Å². The Morgan fingerprint density at radius 1 is 0.864 bits per heavy atom. The maximum Gasteiger partial charge on any atom is 0.142 e. The molecule has 0 amide bonds. The highest BCUT2D eigenvalue weighted by atomic mass is 16.5. The highest BCUT2D eigenvalue weighted by Gasteiger charge is 2.20. The lowest BCUT2D eigenvalue weighted by Crippen LogP contribution is -2.07. The number of fused-ring (bicyclic) bond motifs is 2. The van der Waals surface area contributed by atoms with E-state index in [1.807, 2.05) is 12.1 Å². The fourth-order valence-corrected chi connectivity index (χ4v) is 2.95. The minimum atomic E-state index is -0.0947. The van der Waals surface area contributed by atoms with Crippen molar-refractivity contribution in [3.05, 3.63) is 96.1 Å². The zero-order valence-corrected chi connectivity index (χ0v) is 12.2. The van der Waals surface area contributed by atoms with Crippen LogP contribution in [0.15, 0.2) is 79.4 Å². The zero-order chi connectivity index (χ0) is 14.9. The quantitative estimate of drug-likeness (QED) is 0.557. The summed E-state index contributed by atoms with van der Waals surface area (Å²) in [7, 11) is 0. The van der Waals surface area contributed by atoms with Crippen molar-refractivity contribution in [1.29, 1.82) is 0 Å². The summed E-state index contributed by atoms with van der Waals surface area (Å²) in [6, 6.07) is 23.1. The Hall–Kier alpha value is -2.80. The SMILES string of the molecule is C=CC1OC(c2ccc3ccccc3c2)=Cc2ccccc21. The van der Waals surface area contributed by atoms with Crippen molar-refractivity contribution >= 4 is 22.6 Å². The summed E-state index contributed by atoms with van der Waals surface area (Å²) in [5, 5.41) is 2.46. The van der Waals surface area contributed by atoms with E-state index in [1.165, 1.54) is 21.9 Å². The molecule has 0 aromatic heterocycles. The molecule has 0 fully saturated rings. The summed E-state index contributed by atoms with van der Waals surface area (Å²) < 4.78 is 6.14. The summed E-state index contributed by atoms with van der Waals surface area (Å²) in [6.07, 6.45) is 3.87. The Labute approximate surface area is 130 Å². The van der Waals surface area contributed by atoms with Crippen LogP contribution in [0.2, 0.25) is 0 Å². The minimum absolute atomic E-state index is 0.0947. The topological polar surface area (TPSA) is 9.23 Å². The molecule has 22 heavy (non-hydrogen) atoms. The second-order valence-electron chi connectivity index (χ2n) is 5.47. The second-order valence-corrected chi connectivity index (χ2v) is 5.47. The molecule has 1 nitrogen and oxygen atoms in total. The predicted molar refractivity (Wildman–Crippen MR) is 92.3 cm³/mol. The van der Waals surface area contributed by atoms with Crippen molar-refractivity contribution in [1.82, 2.24) is 0 Å². The molecule has 1 unspecified atom stereocenters. The lowest BCUT2D eigenvalue weighted by atomic mass is 9.97. The van der Waals surface area contributed by atoms with Crippen molar-refractivity contribution in [2.45, 2.75) is 6.10 Å². The van der Waals surface area contributed by atoms with Crippen LogP contribution < -0.4 is 0 Å². The van der Waals surface area contributed by atoms with Gasteiger partial charge in [-0.15, -0.1) is 0 Å². The van der Waals surface area contributed by atoms with Crippen molar-refractivity contribution in [3.8, 4) is 0 Å². The highest BCUT2D eigenvalue weighted by molar-refractivity contribution is 5.89. The van der Waals surface area contributed by atoms with Crippen LogP contribution in [0.25, 0.3) is 22.6 Å². The second kappa shape index (κ2) is 5.19. The molecule has 1 heteroatoms. The van der Waals surface area contributed by atoms with Gasteiger partial charge < -0.3 is 4.74 Å². The molecule has 0 radical (unpaired) electrons. The van der Waals surface area contributed by atoms with E-state index < -0.39 is 0 Å². The first-order chi connectivity index (χ1) is 10.8. The summed E-state index contributed by atoms with van der Waals surface area (Å²) >= 11 is 0. The summed E-state index contributed by atoms with van der Waals surface area (Å²) in [5.41, 5.74) is 3.46. The van der Waals surface area contributed by atoms with Crippen LogP contribution in [0, 0.1) is 0 Å². The smallest absolute Gasteiger partial charge is 0.142 e. The lowest BCUT2D eigenvalue weighted by molar-refractivity contribution is 0.214. The molecule has 1 aliphatic rings. The number of ether oxygens (including phenoxy) is 1. The fraction of sp³-hybridized carbons (Fsp3) is 0.0476. The molecule has 1 heterocycles. The van der Waals surface area contributed by atoms with E-state index >= 15 is 0 Å². The van der Waals surface area contributed by atoms with E-state index in [2.05, 4.69) is 73.3 Å². The largest absolute Gasteiger partial charge is 0.481 e. The summed E-state index contributed by atoms with van der Waals surface area (Å²) in [4.78, 5) is 0. The monoisotopic (exact) mass is 284 g/mol. The lowest BCUT2D eigenvalue weighted by Gasteiger charge is -2.25. The van der Waals surface area contributed by atoms with Gasteiger partial charge in [-0.1, -0.05) is 67.2 Å². The molecule has 4 rings (SSSR count). The fourth-order valence-electron chi connectivity index (χ4n) is 2.95. The first-order valence-corrected chi connectivity index (χ1v) is 7.44. The van der Waals surface area contributed by atoms with E-state index in [9.17, 15) is 0 Å². The van der Waals surface area contributed by atoms with Crippen molar-refractivity contribution in [3.63, 3.8) is 0 Å². The Bertz CT molecular complexity index is 889. The van der Waals surface area contributed by atoms with Gasteiger partial charge in [0.05, 0.1) is 0 Å². The van der Waals surface area contributed by atoms with Gasteiger partial charge in [-0.25, -0.2) is 0 Å². The summed E-state index contributed by atoms with van der Waals surface area (Å²) in [6.45, 7) is 3.91. The average molecular weight is 284 g/mol. The van der Waals surface area contributed by atoms with E-state index in [1.54, 1.807) is 0 Å². The van der Waals surface area contributed by atoms with Crippen LogP contribution in [0.3, 0.4) is 0 Å². The van der Waals surface area contributed by atoms with E-state index in [-0.39, 0.29) is 6.10 Å². The van der Waals surface area contributed by atoms with E-state index in [0.717, 1.165) is 11.3 Å². The van der Waals surface area contributed by atoms with E-state index in [0.29, 0.717) is 0 Å². The van der Waals surface area contributed by atoms with Crippen LogP contribution in [0.4, 0.5) is 0 Å². The molecule has 1 atom stereocenters. The molecular weight excluding hydrogens is 268 g/mol. The van der Waals surface area contributed by atoms with Gasteiger partial charge in [-0.2, -0.15) is 0 Å². The zero-order valence-electron chi connectivity index (χ0n) is 12.2. The molecule has 106 valence electrons. The molecule has 3 aromatic carbocycles. The van der Waals surface area contributed by atoms with Crippen LogP contribution in [-0.2, 0) is 4.74 Å². The number of hydrogen-bond donors (Lipinski definition) is 0. The van der Waals surface area contributed by atoms with Gasteiger partial charge in [-0.3, -0.25) is 0 Å². The molecule has 0 saturated heterocycles. The molecule has 0 aliphatic carbocycles. The molecular formula is C21H16O. The first-order valence-electron chi connectivity index (χ1n) is 7.44. The van der Waals surface area contributed by atoms with Gasteiger partial charge >= 0.3 is 0 Å². The van der Waals surface area contributed by atoms with Crippen molar-refractivity contribution < 1.29 is 4.74 Å². The number of rotatable bonds is 2. The first kappa shape index (κ1) is 12.9. The Morgan fingerprint density at radius 3 is 2.50 bits per heavy atom. The molecule has 0 N–H and O–H groups in total. The maximum atomic E-state index is 6.14. The van der Waals surface area contributed by atoms with Crippen molar-refractivity contribution in [2.75, 3.05) is 0 Å². The van der Waals surface area contributed by atoms with Gasteiger partial charge in [0.1, 0.15) is 11.9 Å². The van der Waals surface area contributed by atoms with E-state index in [4.69, 9.17) is 4.74 Å². The Balaban J connectivity index is 1.84. The minimum Gasteiger partial charge on any atom is -0.481 e. The third kappa shape index (κ3) is 2.11. The van der Waals surface area contributed by atoms with Gasteiger partial charge in [0.2, 0.25) is 0 Å². The normalized spacial score (nSPS) is 16.5. The number of benzene rings is 3. The Kier molecular flexibility index (Phi) is 3.05. The third-order valence-electron chi connectivity index (χ3n) is 4.09. The standard InChI is InChI=1S/C21H16O/c1-2-20-19-10-6-5-9-17(19)14-21(22-20)18-12-11-15-7-3-4-8-16(15)13-18/h2-14,20H,1H2.